The van der Waals surface area contributed by atoms with Gasteiger partial charge in [-0.15, -0.1) is 0 Å². The maximum atomic E-state index is 12.7. The van der Waals surface area contributed by atoms with Crippen LogP contribution in [0.15, 0.2) is 48.5 Å². The van der Waals surface area contributed by atoms with Crippen LogP contribution in [0.5, 0.6) is 0 Å². The number of hydrogen-bond donors (Lipinski definition) is 1. The molecule has 3 aromatic rings. The number of benzene rings is 2. The van der Waals surface area contributed by atoms with Crippen LogP contribution < -0.4 is 5.32 Å². The summed E-state index contributed by atoms with van der Waals surface area (Å²) >= 11 is 5.94. The summed E-state index contributed by atoms with van der Waals surface area (Å²) in [6.45, 7) is 0.926. The number of fused-ring (bicyclic) bond motifs is 1. The summed E-state index contributed by atoms with van der Waals surface area (Å²) in [6, 6.07) is 14.5. The number of carbonyl (C=O) groups excluding carboxylic acids is 1. The second kappa shape index (κ2) is 7.90. The van der Waals surface area contributed by atoms with Crippen molar-refractivity contribution in [3.05, 3.63) is 59.2 Å². The van der Waals surface area contributed by atoms with Crippen LogP contribution in [-0.4, -0.2) is 35.3 Å². The number of para-hydroxylation sites is 2. The average molecular weight is 384 g/mol. The maximum absolute atomic E-state index is 12.7. The molecule has 0 spiro atoms. The lowest BCUT2D eigenvalue weighted by atomic mass is 10.2. The molecule has 1 saturated heterocycles. The van der Waals surface area contributed by atoms with E-state index in [2.05, 4.69) is 15.3 Å². The fraction of sp³-hybridized carbons (Fsp3) is 0.250. The van der Waals surface area contributed by atoms with E-state index in [4.69, 9.17) is 21.1 Å². The molecule has 1 aliphatic rings. The molecule has 0 radical (unpaired) electrons. The van der Waals surface area contributed by atoms with E-state index >= 15 is 0 Å². The van der Waals surface area contributed by atoms with Gasteiger partial charge in [0.2, 0.25) is 0 Å². The molecule has 4 rings (SSSR count). The fourth-order valence-corrected chi connectivity index (χ4v) is 3.04. The van der Waals surface area contributed by atoms with Crippen LogP contribution in [-0.2, 0) is 9.47 Å². The quantitative estimate of drug-likeness (QED) is 0.660. The molecule has 0 bridgehead atoms. The van der Waals surface area contributed by atoms with Gasteiger partial charge in [0.25, 0.3) is 0 Å². The predicted octanol–water partition coefficient (Wildman–Crippen LogP) is 4.36. The third-order valence-corrected chi connectivity index (χ3v) is 4.55. The highest BCUT2D eigenvalue weighted by Gasteiger charge is 2.22. The lowest BCUT2D eigenvalue weighted by Gasteiger charge is -2.13. The van der Waals surface area contributed by atoms with Crippen molar-refractivity contribution < 1.29 is 14.3 Å². The smallest absolute Gasteiger partial charge is 0.360 e. The van der Waals surface area contributed by atoms with Gasteiger partial charge in [0.15, 0.2) is 11.5 Å². The van der Waals surface area contributed by atoms with E-state index in [1.807, 2.05) is 24.3 Å². The van der Waals surface area contributed by atoms with Gasteiger partial charge >= 0.3 is 5.97 Å². The van der Waals surface area contributed by atoms with Crippen molar-refractivity contribution >= 4 is 40.1 Å². The monoisotopic (exact) mass is 383 g/mol. The highest BCUT2D eigenvalue weighted by molar-refractivity contribution is 6.30. The summed E-state index contributed by atoms with van der Waals surface area (Å²) in [4.78, 5) is 21.7. The zero-order chi connectivity index (χ0) is 18.6. The van der Waals surface area contributed by atoms with Gasteiger partial charge in [0.05, 0.1) is 17.1 Å². The lowest BCUT2D eigenvalue weighted by Crippen LogP contribution is -2.19. The molecule has 2 aromatic carbocycles. The average Bonchev–Trinajstić information content (AvgIpc) is 3.21. The molecule has 138 valence electrons. The van der Waals surface area contributed by atoms with Crippen molar-refractivity contribution in [2.75, 3.05) is 18.5 Å². The molecule has 2 heterocycles. The third-order valence-electron chi connectivity index (χ3n) is 4.30. The number of nitrogens with zero attached hydrogens (tertiary/aromatic N) is 2. The van der Waals surface area contributed by atoms with Crippen LogP contribution in [0.2, 0.25) is 5.02 Å². The van der Waals surface area contributed by atoms with Crippen LogP contribution >= 0.6 is 11.6 Å². The van der Waals surface area contributed by atoms with Crippen molar-refractivity contribution in [2.24, 2.45) is 0 Å². The van der Waals surface area contributed by atoms with E-state index in [-0.39, 0.29) is 18.4 Å². The van der Waals surface area contributed by atoms with Crippen LogP contribution in [0.4, 0.5) is 11.5 Å². The van der Waals surface area contributed by atoms with Gasteiger partial charge in [0.1, 0.15) is 6.61 Å². The van der Waals surface area contributed by atoms with E-state index in [0.717, 1.165) is 18.5 Å². The number of anilines is 2. The van der Waals surface area contributed by atoms with Crippen molar-refractivity contribution in [3.8, 4) is 0 Å². The third kappa shape index (κ3) is 4.18. The normalized spacial score (nSPS) is 16.4. The molecule has 0 aliphatic carbocycles. The highest BCUT2D eigenvalue weighted by atomic mass is 35.5. The second-order valence-electron chi connectivity index (χ2n) is 6.27. The molecule has 27 heavy (non-hydrogen) atoms. The van der Waals surface area contributed by atoms with Crippen LogP contribution in [0.1, 0.15) is 23.3 Å². The molecular formula is C20H18ClN3O3. The first-order valence-electron chi connectivity index (χ1n) is 8.77. The van der Waals surface area contributed by atoms with Gasteiger partial charge in [-0.2, -0.15) is 0 Å². The molecule has 1 N–H and O–H groups in total. The molecule has 1 atom stereocenters. The van der Waals surface area contributed by atoms with Gasteiger partial charge in [-0.1, -0.05) is 23.7 Å². The number of rotatable bonds is 5. The first-order valence-corrected chi connectivity index (χ1v) is 9.15. The molecule has 1 aromatic heterocycles. The Morgan fingerprint density at radius 1 is 1.15 bits per heavy atom. The van der Waals surface area contributed by atoms with Gasteiger partial charge in [0, 0.05) is 17.3 Å². The Morgan fingerprint density at radius 2 is 1.89 bits per heavy atom. The molecule has 1 unspecified atom stereocenters. The second-order valence-corrected chi connectivity index (χ2v) is 6.71. The Morgan fingerprint density at radius 3 is 2.59 bits per heavy atom. The van der Waals surface area contributed by atoms with Crippen LogP contribution in [0.25, 0.3) is 11.0 Å². The van der Waals surface area contributed by atoms with E-state index in [1.165, 1.54) is 0 Å². The van der Waals surface area contributed by atoms with Gasteiger partial charge in [-0.25, -0.2) is 14.8 Å². The Kier molecular flexibility index (Phi) is 5.18. The largest absolute Gasteiger partial charge is 0.458 e. The number of carbonyl (C=O) groups is 1. The number of hydrogen-bond acceptors (Lipinski definition) is 6. The Labute approximate surface area is 161 Å². The number of esters is 1. The minimum Gasteiger partial charge on any atom is -0.458 e. The van der Waals surface area contributed by atoms with E-state index in [1.54, 1.807) is 24.3 Å². The fourth-order valence-electron chi connectivity index (χ4n) is 2.91. The van der Waals surface area contributed by atoms with Crippen LogP contribution in [0, 0.1) is 0 Å². The zero-order valence-electron chi connectivity index (χ0n) is 14.5. The molecule has 0 amide bonds. The molecule has 1 aliphatic heterocycles. The molecular weight excluding hydrogens is 366 g/mol. The van der Waals surface area contributed by atoms with Gasteiger partial charge < -0.3 is 14.8 Å². The van der Waals surface area contributed by atoms with Crippen molar-refractivity contribution in [1.29, 1.82) is 0 Å². The first-order chi connectivity index (χ1) is 13.2. The van der Waals surface area contributed by atoms with Gasteiger partial charge in [-0.05, 0) is 49.2 Å². The van der Waals surface area contributed by atoms with Crippen molar-refractivity contribution in [3.63, 3.8) is 0 Å². The number of ether oxygens (including phenoxy) is 2. The summed E-state index contributed by atoms with van der Waals surface area (Å²) in [5, 5.41) is 3.76. The van der Waals surface area contributed by atoms with Crippen molar-refractivity contribution in [1.82, 2.24) is 9.97 Å². The summed E-state index contributed by atoms with van der Waals surface area (Å²) < 4.78 is 10.9. The Bertz CT molecular complexity index is 956. The number of nitrogens with one attached hydrogen (secondary N) is 1. The number of aromatic nitrogens is 2. The van der Waals surface area contributed by atoms with E-state index in [9.17, 15) is 4.79 Å². The van der Waals surface area contributed by atoms with E-state index in [0.29, 0.717) is 28.5 Å². The molecule has 6 nitrogen and oxygen atoms in total. The SMILES string of the molecule is O=C(OCC1CCCO1)c1nc2ccccc2nc1Nc1ccc(Cl)cc1. The summed E-state index contributed by atoms with van der Waals surface area (Å²) in [5.41, 5.74) is 2.20. The van der Waals surface area contributed by atoms with Gasteiger partial charge in [-0.3, -0.25) is 0 Å². The molecule has 1 fully saturated rings. The summed E-state index contributed by atoms with van der Waals surface area (Å²) in [5.74, 6) is -0.187. The van der Waals surface area contributed by atoms with E-state index < -0.39 is 5.97 Å². The molecule has 0 saturated carbocycles. The maximum Gasteiger partial charge on any atom is 0.360 e. The molecule has 7 heteroatoms. The Hall–Kier alpha value is -2.70. The minimum atomic E-state index is -0.528. The first kappa shape index (κ1) is 17.7. The minimum absolute atomic E-state index is 0.0463. The summed E-state index contributed by atoms with van der Waals surface area (Å²) in [6.07, 6.45) is 1.84. The summed E-state index contributed by atoms with van der Waals surface area (Å²) in [7, 11) is 0. The van der Waals surface area contributed by atoms with Crippen molar-refractivity contribution in [2.45, 2.75) is 18.9 Å². The number of halogens is 1. The standard InChI is InChI=1S/C20H18ClN3O3/c21-13-7-9-14(10-8-13)22-19-18(20(25)27-12-15-4-3-11-26-15)23-16-5-1-2-6-17(16)24-19/h1-2,5-10,15H,3-4,11-12H2,(H,22,24). The van der Waals surface area contributed by atoms with Crippen LogP contribution in [0.3, 0.4) is 0 Å². The lowest BCUT2D eigenvalue weighted by molar-refractivity contribution is 0.0157. The topological polar surface area (TPSA) is 73.3 Å². The predicted molar refractivity (Wildman–Crippen MR) is 104 cm³/mol. The Balaban J connectivity index is 1.63. The highest BCUT2D eigenvalue weighted by Crippen LogP contribution is 2.23. The zero-order valence-corrected chi connectivity index (χ0v) is 15.3.